The van der Waals surface area contributed by atoms with Crippen LogP contribution in [-0.4, -0.2) is 307 Å². The van der Waals surface area contributed by atoms with Crippen LogP contribution in [0.25, 0.3) is 11.3 Å². The number of nitrogens with two attached hydrogens (primary N) is 1. The Balaban J connectivity index is 0.0000133. The van der Waals surface area contributed by atoms with Crippen LogP contribution in [-0.2, 0) is 124 Å². The Bertz CT molecular complexity index is 3280. The predicted molar refractivity (Wildman–Crippen MR) is 398 cm³/mol. The van der Waals surface area contributed by atoms with E-state index in [1.807, 2.05) is 0 Å². The van der Waals surface area contributed by atoms with Crippen LogP contribution in [0.5, 0.6) is 0 Å². The number of rotatable bonds is 43. The van der Waals surface area contributed by atoms with Gasteiger partial charge in [-0.05, 0) is 93.7 Å². The fraction of sp³-hybridized carbons (Fsp3) is 0.805. The van der Waals surface area contributed by atoms with E-state index in [1.165, 1.54) is 0 Å². The van der Waals surface area contributed by atoms with Gasteiger partial charge in [0.2, 0.25) is 23.6 Å². The summed E-state index contributed by atoms with van der Waals surface area (Å²) in [5.74, 6) is -3.87. The molecule has 12 heterocycles. The molecular weight excluding hydrogens is 1620 g/mol. The fourth-order valence-electron chi connectivity index (χ4n) is 16.5. The van der Waals surface area contributed by atoms with Crippen molar-refractivity contribution in [3.63, 3.8) is 0 Å². The van der Waals surface area contributed by atoms with E-state index in [-0.39, 0.29) is 168 Å². The molecule has 4 amide bonds. The summed E-state index contributed by atoms with van der Waals surface area (Å²) in [6.07, 6.45) is 7.39. The maximum absolute atomic E-state index is 14.6. The molecule has 0 aliphatic carbocycles. The zero-order chi connectivity index (χ0) is 78.2. The molecule has 10 aliphatic rings. The Morgan fingerprint density at radius 1 is 0.679 bits per heavy atom. The molecule has 2 unspecified atom stereocenters. The normalized spacial score (nSPS) is 31.0. The first-order chi connectivity index (χ1) is 53.8. The number of fused-ring (bicyclic) bond motifs is 6. The van der Waals surface area contributed by atoms with E-state index in [0.29, 0.717) is 150 Å². The first kappa shape index (κ1) is 90.3. The number of methoxy groups -OCH3 is 1. The van der Waals surface area contributed by atoms with E-state index >= 15 is 0 Å². The molecule has 35 heteroatoms. The van der Waals surface area contributed by atoms with Gasteiger partial charge in [-0.25, -0.2) is 4.68 Å². The fourth-order valence-corrected chi connectivity index (χ4v) is 16.6. The predicted octanol–water partition coefficient (Wildman–Crippen LogP) is 2.25. The summed E-state index contributed by atoms with van der Waals surface area (Å²) in [6.45, 7) is 20.1. The van der Waals surface area contributed by atoms with Crippen LogP contribution in [0.1, 0.15) is 124 Å². The molecule has 112 heavy (non-hydrogen) atoms. The van der Waals surface area contributed by atoms with Crippen molar-refractivity contribution < 1.29 is 148 Å². The Hall–Kier alpha value is -4.00. The molecule has 12 rings (SSSR count). The molecule has 21 atom stereocenters. The van der Waals surface area contributed by atoms with Crippen molar-refractivity contribution in [2.45, 2.75) is 251 Å². The Kier molecular flexibility index (Phi) is 36.9. The Morgan fingerprint density at radius 3 is 1.97 bits per heavy atom. The molecule has 10 fully saturated rings. The summed E-state index contributed by atoms with van der Waals surface area (Å²) in [5, 5.41) is 31.0. The summed E-state index contributed by atoms with van der Waals surface area (Å²) in [4.78, 5) is 76.7. The van der Waals surface area contributed by atoms with Gasteiger partial charge < -0.3 is 125 Å². The molecule has 631 valence electrons. The number of aliphatic hydroxyl groups is 1. The summed E-state index contributed by atoms with van der Waals surface area (Å²) in [5.41, 5.74) is 9.23. The summed E-state index contributed by atoms with van der Waals surface area (Å²) in [6, 6.07) is -2.09. The second kappa shape index (κ2) is 45.8. The minimum atomic E-state index is -1.12. The molecule has 12 bridgehead atoms. The van der Waals surface area contributed by atoms with Crippen molar-refractivity contribution in [1.82, 2.24) is 46.2 Å². The van der Waals surface area contributed by atoms with Gasteiger partial charge in [-0.2, -0.15) is 0 Å². The average Bonchev–Trinajstić information content (AvgIpc) is 1.55. The van der Waals surface area contributed by atoms with Crippen molar-refractivity contribution in [3.05, 3.63) is 42.9 Å². The number of hydrogen-bond acceptors (Lipinski definition) is 29. The van der Waals surface area contributed by atoms with E-state index in [1.54, 1.807) is 44.2 Å². The smallest absolute Gasteiger partial charge is 0.246 e. The first-order valence-electron chi connectivity index (χ1n) is 40.1. The zero-order valence-corrected chi connectivity index (χ0v) is 68.2. The van der Waals surface area contributed by atoms with Gasteiger partial charge in [0, 0.05) is 120 Å². The molecule has 2 aromatic heterocycles. The number of ketones is 1. The van der Waals surface area contributed by atoms with Crippen LogP contribution in [0, 0.1) is 56.4 Å². The number of carbonyl (C=O) groups is 5. The maximum atomic E-state index is 14.6. The van der Waals surface area contributed by atoms with Gasteiger partial charge >= 0.3 is 0 Å². The minimum absolute atomic E-state index is 0. The third-order valence-corrected chi connectivity index (χ3v) is 22.5. The van der Waals surface area contributed by atoms with Gasteiger partial charge in [-0.15, -0.1) is 5.10 Å². The van der Waals surface area contributed by atoms with Gasteiger partial charge in [0.25, 0.3) is 0 Å². The van der Waals surface area contributed by atoms with Crippen molar-refractivity contribution >= 4 is 42.0 Å². The van der Waals surface area contributed by atoms with Gasteiger partial charge in [-0.3, -0.25) is 33.9 Å². The third-order valence-electron chi connectivity index (χ3n) is 22.3. The second-order valence-electron chi connectivity index (χ2n) is 30.8. The van der Waals surface area contributed by atoms with Gasteiger partial charge in [0.05, 0.1) is 186 Å². The quantitative estimate of drug-likeness (QED) is 0.0240. The number of aromatic nitrogens is 5. The van der Waals surface area contributed by atoms with Crippen LogP contribution in [0.4, 0.5) is 0 Å². The van der Waals surface area contributed by atoms with Crippen molar-refractivity contribution in [2.24, 2.45) is 23.5 Å². The number of nitrogens with one attached hydrogen (secondary N) is 4. The SMILES string of the molecule is C=C1C[C@@H]2CC[C@@]34CC5O[C@H]6[C@@H](O3)[C@H]3O[C@H](CC[C@@H]3O[C@H]6[C@H]5O4)CC(=O)C[C@@H]3[C@@H](OC)[C@@H](C[C@H](O)CNC(=O)CNC(=O)[C@H](CCCCN)NC(=O)[C@@H](NC(=O)COCCOCCOCCOCCOCCOCCOCCOCCn4cc(-c5cnc([S-])nc5)nn4)C(C)C)O[C@H]3C[C@H]3O[C@@H](CCC1O2)C[C@@H](C)C3=C.[Tb]. The molecule has 2 aromatic rings. The van der Waals surface area contributed by atoms with E-state index in [0.717, 1.165) is 48.8 Å². The number of ether oxygens (including phenoxy) is 17. The number of hydrogen-bond donors (Lipinski definition) is 6. The van der Waals surface area contributed by atoms with Crippen LogP contribution >= 0.6 is 0 Å². The first-order valence-corrected chi connectivity index (χ1v) is 40.5. The largest absolute Gasteiger partial charge is 0.740 e. The summed E-state index contributed by atoms with van der Waals surface area (Å²) in [7, 11) is 1.58. The molecule has 10 saturated heterocycles. The van der Waals surface area contributed by atoms with E-state index in [2.05, 4.69) is 61.6 Å². The van der Waals surface area contributed by atoms with E-state index in [9.17, 15) is 29.1 Å². The van der Waals surface area contributed by atoms with Crippen LogP contribution in [0.3, 0.4) is 0 Å². The summed E-state index contributed by atoms with van der Waals surface area (Å²) < 4.78 is 107. The number of Topliss-reactive ketones (excluding diaryl/α,β-unsaturated/α-hetero) is 1. The molecule has 33 nitrogen and oxygen atoms in total. The number of carbonyl (C=O) groups excluding carboxylic acids is 5. The van der Waals surface area contributed by atoms with Crippen LogP contribution in [0.2, 0.25) is 0 Å². The topological polar surface area (TPSA) is 393 Å². The molecule has 1 radical (unpaired) electrons. The average molecular weight is 1740 g/mol. The monoisotopic (exact) mass is 1740 g/mol. The van der Waals surface area contributed by atoms with Gasteiger partial charge in [0.15, 0.2) is 5.79 Å². The molecule has 0 saturated carbocycles. The Morgan fingerprint density at radius 2 is 1.30 bits per heavy atom. The third kappa shape index (κ3) is 26.2. The second-order valence-corrected chi connectivity index (χ2v) is 31.2. The molecule has 7 N–H and O–H groups in total. The summed E-state index contributed by atoms with van der Waals surface area (Å²) >= 11 is 4.92. The molecular formula is C77H119N10O23STb-. The minimum Gasteiger partial charge on any atom is -0.740 e. The molecule has 1 spiro atoms. The van der Waals surface area contributed by atoms with E-state index in [4.69, 9.17) is 98.9 Å². The van der Waals surface area contributed by atoms with E-state index < -0.39 is 96.7 Å². The van der Waals surface area contributed by atoms with Crippen molar-refractivity contribution in [1.29, 1.82) is 0 Å². The van der Waals surface area contributed by atoms with Crippen molar-refractivity contribution in [3.8, 4) is 11.3 Å². The standard InChI is InChI=1S/C77H120N10O23S.Tb/c1-46(2)67(84-66(91)45-102-32-31-101-30-29-100-28-27-99-26-25-98-24-23-97-22-21-96-20-19-95-18-17-87-44-58(85-86-87)50-40-81-76(111)82-41-50)75(93)83-57(9-7-8-16-78)74(92)80-43-65(90)79-42-52(89)37-63-68(94-6)56-36-51(88)35-54-11-13-60-69(105-54)73-72-71(107-60)70-64(108-72)39-77(109-70,110-73)15-14-55-34-48(4)59(103-55)12-10-53-33-47(3)49(5)61(104-53)38-62(56)106-63;/h40-41,44,46-47,52-57,59-64,67-73,89H,4-5,7-39,42-43,45,78H2,1-3,6H3,(H,79,90)(H,80,92)(H,83,93)(H,84,91)(H,81,82,111);/p-1/t47-,52+,53+,54-,55+,56+,57+,59?,60+,61-,62+,63-,64?,67+,68-,69+,70+,71+,72-,73+,77+;/m1./s1. The van der Waals surface area contributed by atoms with Gasteiger partial charge in [-0.1, -0.05) is 39.1 Å². The Labute approximate surface area is 692 Å². The maximum Gasteiger partial charge on any atom is 0.246 e. The molecule has 0 aromatic carbocycles. The number of aliphatic hydroxyl groups excluding tert-OH is 1. The van der Waals surface area contributed by atoms with Crippen LogP contribution < -0.4 is 27.0 Å². The van der Waals surface area contributed by atoms with Crippen molar-refractivity contribution in [2.75, 3.05) is 132 Å². The number of nitrogens with zero attached hydrogens (tertiary/aromatic N) is 5. The van der Waals surface area contributed by atoms with Gasteiger partial charge in [0.1, 0.15) is 60.7 Å². The van der Waals surface area contributed by atoms with Crippen LogP contribution in [0.15, 0.2) is 48.1 Å². The number of unbranched alkanes of at least 4 members (excludes halogenated alkanes) is 1. The molecule has 10 aliphatic heterocycles. The number of amides is 4. The zero-order valence-electron chi connectivity index (χ0n) is 65.2.